The van der Waals surface area contributed by atoms with Crippen LogP contribution >= 0.6 is 15.9 Å². The van der Waals surface area contributed by atoms with E-state index >= 15 is 0 Å². The SMILES string of the molecule is CCC(CC)COC1CC(Br)C12CCCCCC2. The van der Waals surface area contributed by atoms with Crippen LogP contribution in [0.2, 0.25) is 0 Å². The normalized spacial score (nSPS) is 31.3. The molecule has 106 valence electrons. The highest BCUT2D eigenvalue weighted by molar-refractivity contribution is 9.09. The van der Waals surface area contributed by atoms with Crippen molar-refractivity contribution in [3.63, 3.8) is 0 Å². The lowest BCUT2D eigenvalue weighted by Gasteiger charge is -2.54. The maximum absolute atomic E-state index is 6.31. The topological polar surface area (TPSA) is 9.23 Å². The molecule has 0 saturated heterocycles. The Hall–Kier alpha value is 0.440. The highest BCUT2D eigenvalue weighted by Gasteiger charge is 2.53. The number of hydrogen-bond acceptors (Lipinski definition) is 1. The Morgan fingerprint density at radius 3 is 2.22 bits per heavy atom. The van der Waals surface area contributed by atoms with E-state index in [0.717, 1.165) is 17.4 Å². The number of halogens is 1. The molecule has 0 aromatic carbocycles. The molecule has 2 aliphatic rings. The fourth-order valence-electron chi connectivity index (χ4n) is 3.73. The summed E-state index contributed by atoms with van der Waals surface area (Å²) in [6.45, 7) is 5.55. The van der Waals surface area contributed by atoms with Crippen LogP contribution in [0.4, 0.5) is 0 Å². The Balaban J connectivity index is 1.88. The smallest absolute Gasteiger partial charge is 0.0653 e. The van der Waals surface area contributed by atoms with Crippen molar-refractivity contribution in [3.8, 4) is 0 Å². The molecular weight excluding hydrogens is 288 g/mol. The van der Waals surface area contributed by atoms with Gasteiger partial charge in [-0.25, -0.2) is 0 Å². The van der Waals surface area contributed by atoms with Crippen molar-refractivity contribution in [2.45, 2.75) is 82.6 Å². The highest BCUT2D eigenvalue weighted by atomic mass is 79.9. The van der Waals surface area contributed by atoms with Crippen LogP contribution in [0.15, 0.2) is 0 Å². The molecule has 0 radical (unpaired) electrons. The van der Waals surface area contributed by atoms with Crippen LogP contribution < -0.4 is 0 Å². The third-order valence-corrected chi connectivity index (χ3v) is 6.69. The molecule has 2 rings (SSSR count). The van der Waals surface area contributed by atoms with Gasteiger partial charge in [0.05, 0.1) is 6.10 Å². The van der Waals surface area contributed by atoms with Gasteiger partial charge in [-0.2, -0.15) is 0 Å². The highest BCUT2D eigenvalue weighted by Crippen LogP contribution is 2.55. The first-order chi connectivity index (χ1) is 8.73. The van der Waals surface area contributed by atoms with Crippen molar-refractivity contribution in [2.24, 2.45) is 11.3 Å². The standard InChI is InChI=1S/C16H29BrO/c1-3-13(4-2)12-18-15-11-14(17)16(15)9-7-5-6-8-10-16/h13-15H,3-12H2,1-2H3. The second-order valence-corrected chi connectivity index (χ2v) is 7.46. The molecule has 2 unspecified atom stereocenters. The van der Waals surface area contributed by atoms with E-state index in [1.807, 2.05) is 0 Å². The molecule has 0 amide bonds. The van der Waals surface area contributed by atoms with Gasteiger partial charge in [0.15, 0.2) is 0 Å². The molecule has 2 saturated carbocycles. The minimum atomic E-state index is 0.489. The minimum absolute atomic E-state index is 0.489. The zero-order valence-electron chi connectivity index (χ0n) is 12.1. The maximum atomic E-state index is 6.31. The first-order valence-electron chi connectivity index (χ1n) is 7.98. The Morgan fingerprint density at radius 2 is 1.72 bits per heavy atom. The molecule has 2 atom stereocenters. The van der Waals surface area contributed by atoms with Crippen LogP contribution in [0.3, 0.4) is 0 Å². The largest absolute Gasteiger partial charge is 0.377 e. The number of rotatable bonds is 5. The van der Waals surface area contributed by atoms with Crippen molar-refractivity contribution in [1.29, 1.82) is 0 Å². The molecule has 1 spiro atoms. The molecule has 0 aromatic heterocycles. The van der Waals surface area contributed by atoms with Crippen molar-refractivity contribution in [3.05, 3.63) is 0 Å². The van der Waals surface area contributed by atoms with Gasteiger partial charge in [0.1, 0.15) is 0 Å². The lowest BCUT2D eigenvalue weighted by atomic mass is 9.61. The summed E-state index contributed by atoms with van der Waals surface area (Å²) in [5.74, 6) is 0.766. The molecule has 0 aromatic rings. The van der Waals surface area contributed by atoms with Crippen molar-refractivity contribution in [1.82, 2.24) is 0 Å². The lowest BCUT2D eigenvalue weighted by Crippen LogP contribution is -2.55. The molecule has 2 aliphatic carbocycles. The molecule has 0 bridgehead atoms. The van der Waals surface area contributed by atoms with Crippen LogP contribution in [-0.2, 0) is 4.74 Å². The maximum Gasteiger partial charge on any atom is 0.0653 e. The van der Waals surface area contributed by atoms with Gasteiger partial charge in [-0.05, 0) is 25.2 Å². The van der Waals surface area contributed by atoms with Gasteiger partial charge in [-0.15, -0.1) is 0 Å². The fourth-order valence-corrected chi connectivity index (χ4v) is 4.82. The summed E-state index contributed by atoms with van der Waals surface area (Å²) < 4.78 is 6.31. The summed E-state index contributed by atoms with van der Waals surface area (Å²) in [7, 11) is 0. The quantitative estimate of drug-likeness (QED) is 0.624. The van der Waals surface area contributed by atoms with Crippen LogP contribution in [0.25, 0.3) is 0 Å². The van der Waals surface area contributed by atoms with Gasteiger partial charge < -0.3 is 4.74 Å². The Morgan fingerprint density at radius 1 is 1.11 bits per heavy atom. The zero-order chi connectivity index (χ0) is 13.0. The molecular formula is C16H29BrO. The summed E-state index contributed by atoms with van der Waals surface area (Å²) in [4.78, 5) is 0.717. The summed E-state index contributed by atoms with van der Waals surface area (Å²) in [6, 6.07) is 0. The summed E-state index contributed by atoms with van der Waals surface area (Å²) in [5.41, 5.74) is 0.489. The summed E-state index contributed by atoms with van der Waals surface area (Å²) >= 11 is 3.92. The first-order valence-corrected chi connectivity index (χ1v) is 8.90. The minimum Gasteiger partial charge on any atom is -0.377 e. The second-order valence-electron chi connectivity index (χ2n) is 6.36. The molecule has 0 aliphatic heterocycles. The van der Waals surface area contributed by atoms with Gasteiger partial charge >= 0.3 is 0 Å². The number of alkyl halides is 1. The van der Waals surface area contributed by atoms with Crippen molar-refractivity contribution in [2.75, 3.05) is 6.61 Å². The van der Waals surface area contributed by atoms with E-state index in [9.17, 15) is 0 Å². The van der Waals surface area contributed by atoms with E-state index in [4.69, 9.17) is 4.74 Å². The van der Waals surface area contributed by atoms with E-state index in [1.165, 1.54) is 57.8 Å². The van der Waals surface area contributed by atoms with Gasteiger partial charge in [-0.3, -0.25) is 0 Å². The molecule has 2 fully saturated rings. The van der Waals surface area contributed by atoms with E-state index < -0.39 is 0 Å². The third kappa shape index (κ3) is 2.95. The third-order valence-electron chi connectivity index (χ3n) is 5.41. The van der Waals surface area contributed by atoms with E-state index in [-0.39, 0.29) is 0 Å². The first kappa shape index (κ1) is 14.8. The van der Waals surface area contributed by atoms with Crippen LogP contribution in [0.5, 0.6) is 0 Å². The van der Waals surface area contributed by atoms with Crippen LogP contribution in [0, 0.1) is 11.3 Å². The van der Waals surface area contributed by atoms with Gasteiger partial charge in [0, 0.05) is 16.8 Å². The molecule has 1 nitrogen and oxygen atoms in total. The molecule has 2 heteroatoms. The van der Waals surface area contributed by atoms with Gasteiger partial charge in [0.25, 0.3) is 0 Å². The Kier molecular flexibility index (Phi) is 5.56. The molecule has 0 heterocycles. The lowest BCUT2D eigenvalue weighted by molar-refractivity contribution is -0.120. The second kappa shape index (κ2) is 6.74. The average molecular weight is 317 g/mol. The summed E-state index contributed by atoms with van der Waals surface area (Å²) in [6.07, 6.45) is 12.7. The Bertz CT molecular complexity index is 241. The predicted octanol–water partition coefficient (Wildman–Crippen LogP) is 5.32. The van der Waals surface area contributed by atoms with E-state index in [0.29, 0.717) is 11.5 Å². The Labute approximate surface area is 121 Å². The number of hydrogen-bond donors (Lipinski definition) is 0. The fraction of sp³-hybridized carbons (Fsp3) is 1.00. The van der Waals surface area contributed by atoms with Crippen molar-refractivity contribution >= 4 is 15.9 Å². The summed E-state index contributed by atoms with van der Waals surface area (Å²) in [5, 5.41) is 0. The molecule has 18 heavy (non-hydrogen) atoms. The van der Waals surface area contributed by atoms with Gasteiger partial charge in [0.2, 0.25) is 0 Å². The molecule has 0 N–H and O–H groups in total. The van der Waals surface area contributed by atoms with E-state index in [2.05, 4.69) is 29.8 Å². The predicted molar refractivity (Wildman–Crippen MR) is 81.3 cm³/mol. The van der Waals surface area contributed by atoms with Crippen LogP contribution in [0.1, 0.15) is 71.6 Å². The number of ether oxygens (including phenoxy) is 1. The van der Waals surface area contributed by atoms with Crippen LogP contribution in [-0.4, -0.2) is 17.5 Å². The van der Waals surface area contributed by atoms with Crippen molar-refractivity contribution < 1.29 is 4.74 Å². The van der Waals surface area contributed by atoms with Gasteiger partial charge in [-0.1, -0.05) is 68.3 Å². The zero-order valence-corrected chi connectivity index (χ0v) is 13.7. The van der Waals surface area contributed by atoms with E-state index in [1.54, 1.807) is 0 Å². The monoisotopic (exact) mass is 316 g/mol. The average Bonchev–Trinajstić information content (AvgIpc) is 2.66.